The summed E-state index contributed by atoms with van der Waals surface area (Å²) in [7, 11) is 0. The van der Waals surface area contributed by atoms with Crippen LogP contribution in [0.5, 0.6) is 0 Å². The summed E-state index contributed by atoms with van der Waals surface area (Å²) < 4.78 is 5.49. The lowest BCUT2D eigenvalue weighted by atomic mass is 10.2. The lowest BCUT2D eigenvalue weighted by Crippen LogP contribution is -1.90. The molecule has 0 aliphatic carbocycles. The summed E-state index contributed by atoms with van der Waals surface area (Å²) >= 11 is 0. The number of nitrogens with zero attached hydrogens (tertiary/aromatic N) is 1. The molecule has 0 radical (unpaired) electrons. The molecule has 19 heavy (non-hydrogen) atoms. The van der Waals surface area contributed by atoms with Crippen LogP contribution in [0, 0.1) is 0 Å². The van der Waals surface area contributed by atoms with Gasteiger partial charge in [-0.2, -0.15) is 0 Å². The molecular formula is C15H11N3O. The molecule has 4 heteroatoms. The Morgan fingerprint density at radius 1 is 1.00 bits per heavy atom. The van der Waals surface area contributed by atoms with Crippen molar-refractivity contribution in [1.29, 1.82) is 0 Å². The van der Waals surface area contributed by atoms with E-state index >= 15 is 0 Å². The number of aromatic nitrogens is 2. The van der Waals surface area contributed by atoms with Crippen molar-refractivity contribution in [2.75, 3.05) is 5.32 Å². The number of anilines is 2. The van der Waals surface area contributed by atoms with Gasteiger partial charge in [0.1, 0.15) is 11.8 Å². The zero-order valence-electron chi connectivity index (χ0n) is 10.1. The maximum absolute atomic E-state index is 5.49. The predicted octanol–water partition coefficient (Wildman–Crippen LogP) is 4.05. The van der Waals surface area contributed by atoms with Crippen LogP contribution in [0.4, 0.5) is 11.6 Å². The Labute approximate surface area is 109 Å². The van der Waals surface area contributed by atoms with Gasteiger partial charge in [-0.05, 0) is 24.3 Å². The number of rotatable bonds is 2. The molecule has 4 rings (SSSR count). The molecule has 0 spiro atoms. The summed E-state index contributed by atoms with van der Waals surface area (Å²) in [5.74, 6) is 0.716. The molecule has 0 saturated carbocycles. The molecule has 2 aromatic heterocycles. The average molecular weight is 249 g/mol. The van der Waals surface area contributed by atoms with E-state index in [0.717, 1.165) is 27.7 Å². The van der Waals surface area contributed by atoms with E-state index in [2.05, 4.69) is 15.3 Å². The number of H-pyrrole nitrogens is 1. The smallest absolute Gasteiger partial charge is 0.205 e. The Hall–Kier alpha value is -2.75. The lowest BCUT2D eigenvalue weighted by molar-refractivity contribution is 0.617. The van der Waals surface area contributed by atoms with E-state index in [0.29, 0.717) is 5.95 Å². The van der Waals surface area contributed by atoms with Gasteiger partial charge in [0.15, 0.2) is 0 Å². The van der Waals surface area contributed by atoms with Gasteiger partial charge in [-0.25, -0.2) is 4.98 Å². The highest BCUT2D eigenvalue weighted by atomic mass is 16.3. The van der Waals surface area contributed by atoms with Gasteiger partial charge in [-0.1, -0.05) is 24.3 Å². The third-order valence-corrected chi connectivity index (χ3v) is 3.12. The van der Waals surface area contributed by atoms with Crippen LogP contribution in [-0.2, 0) is 0 Å². The summed E-state index contributed by atoms with van der Waals surface area (Å²) in [6.07, 6.45) is 1.71. The first-order valence-electron chi connectivity index (χ1n) is 6.08. The minimum Gasteiger partial charge on any atom is -0.462 e. The molecule has 2 N–H and O–H groups in total. The first-order valence-corrected chi connectivity index (χ1v) is 6.08. The van der Waals surface area contributed by atoms with E-state index in [1.54, 1.807) is 6.26 Å². The molecule has 2 heterocycles. The minimum absolute atomic E-state index is 0.716. The van der Waals surface area contributed by atoms with E-state index in [9.17, 15) is 0 Å². The van der Waals surface area contributed by atoms with Crippen molar-refractivity contribution in [2.24, 2.45) is 0 Å². The SMILES string of the molecule is c1ccc2[nH]c(Nc3coc4ccccc34)nc2c1. The van der Waals surface area contributed by atoms with Crippen molar-refractivity contribution in [3.05, 3.63) is 54.8 Å². The quantitative estimate of drug-likeness (QED) is 0.563. The number of aromatic amines is 1. The largest absolute Gasteiger partial charge is 0.462 e. The number of hydrogen-bond acceptors (Lipinski definition) is 3. The highest BCUT2D eigenvalue weighted by molar-refractivity contribution is 5.92. The predicted molar refractivity (Wildman–Crippen MR) is 75.6 cm³/mol. The topological polar surface area (TPSA) is 53.9 Å². The minimum atomic E-state index is 0.716. The monoisotopic (exact) mass is 249 g/mol. The van der Waals surface area contributed by atoms with Crippen LogP contribution in [0.1, 0.15) is 0 Å². The molecular weight excluding hydrogens is 238 g/mol. The number of benzene rings is 2. The number of furan rings is 1. The van der Waals surface area contributed by atoms with Crippen LogP contribution in [0.3, 0.4) is 0 Å². The van der Waals surface area contributed by atoms with Crippen molar-refractivity contribution in [2.45, 2.75) is 0 Å². The van der Waals surface area contributed by atoms with E-state index in [4.69, 9.17) is 4.42 Å². The lowest BCUT2D eigenvalue weighted by Gasteiger charge is -1.98. The first-order chi connectivity index (χ1) is 9.40. The number of para-hydroxylation sites is 3. The zero-order valence-corrected chi connectivity index (χ0v) is 10.1. The maximum Gasteiger partial charge on any atom is 0.205 e. The molecule has 0 bridgehead atoms. The highest BCUT2D eigenvalue weighted by Crippen LogP contribution is 2.27. The fraction of sp³-hybridized carbons (Fsp3) is 0. The van der Waals surface area contributed by atoms with E-state index in [1.807, 2.05) is 48.5 Å². The number of nitrogens with one attached hydrogen (secondary N) is 2. The molecule has 2 aromatic carbocycles. The highest BCUT2D eigenvalue weighted by Gasteiger charge is 2.07. The number of hydrogen-bond donors (Lipinski definition) is 2. The van der Waals surface area contributed by atoms with Gasteiger partial charge in [0.05, 0.1) is 16.7 Å². The van der Waals surface area contributed by atoms with Gasteiger partial charge in [-0.15, -0.1) is 0 Å². The summed E-state index contributed by atoms with van der Waals surface area (Å²) in [6.45, 7) is 0. The van der Waals surface area contributed by atoms with Gasteiger partial charge >= 0.3 is 0 Å². The summed E-state index contributed by atoms with van der Waals surface area (Å²) in [5, 5.41) is 4.30. The second-order valence-corrected chi connectivity index (χ2v) is 4.37. The summed E-state index contributed by atoms with van der Waals surface area (Å²) in [6, 6.07) is 15.8. The van der Waals surface area contributed by atoms with E-state index in [-0.39, 0.29) is 0 Å². The maximum atomic E-state index is 5.49. The van der Waals surface area contributed by atoms with Crippen molar-refractivity contribution in [3.8, 4) is 0 Å². The average Bonchev–Trinajstić information content (AvgIpc) is 3.03. The molecule has 0 aliphatic heterocycles. The second kappa shape index (κ2) is 3.88. The summed E-state index contributed by atoms with van der Waals surface area (Å²) in [5.41, 5.74) is 3.73. The Kier molecular flexibility index (Phi) is 2.08. The Balaban J connectivity index is 1.78. The molecule has 0 amide bonds. The van der Waals surface area contributed by atoms with Gasteiger partial charge in [0.25, 0.3) is 0 Å². The van der Waals surface area contributed by atoms with Crippen molar-refractivity contribution in [1.82, 2.24) is 9.97 Å². The van der Waals surface area contributed by atoms with Gasteiger partial charge in [-0.3, -0.25) is 0 Å². The van der Waals surface area contributed by atoms with Crippen molar-refractivity contribution < 1.29 is 4.42 Å². The van der Waals surface area contributed by atoms with Crippen molar-refractivity contribution >= 4 is 33.6 Å². The van der Waals surface area contributed by atoms with Gasteiger partial charge in [0, 0.05) is 5.39 Å². The van der Waals surface area contributed by atoms with E-state index in [1.165, 1.54) is 0 Å². The number of fused-ring (bicyclic) bond motifs is 2. The number of imidazole rings is 1. The van der Waals surface area contributed by atoms with Crippen molar-refractivity contribution in [3.63, 3.8) is 0 Å². The third-order valence-electron chi connectivity index (χ3n) is 3.12. The summed E-state index contributed by atoms with van der Waals surface area (Å²) in [4.78, 5) is 7.72. The Morgan fingerprint density at radius 2 is 1.84 bits per heavy atom. The molecule has 0 aliphatic rings. The molecule has 0 saturated heterocycles. The Morgan fingerprint density at radius 3 is 2.79 bits per heavy atom. The second-order valence-electron chi connectivity index (χ2n) is 4.37. The van der Waals surface area contributed by atoms with E-state index < -0.39 is 0 Å². The fourth-order valence-corrected chi connectivity index (χ4v) is 2.21. The molecule has 4 nitrogen and oxygen atoms in total. The van der Waals surface area contributed by atoms with Gasteiger partial charge < -0.3 is 14.7 Å². The third kappa shape index (κ3) is 1.65. The fourth-order valence-electron chi connectivity index (χ4n) is 2.21. The van der Waals surface area contributed by atoms with Crippen LogP contribution in [0.2, 0.25) is 0 Å². The van der Waals surface area contributed by atoms with Crippen LogP contribution < -0.4 is 5.32 Å². The van der Waals surface area contributed by atoms with Crippen LogP contribution in [0.25, 0.3) is 22.0 Å². The molecule has 0 fully saturated rings. The Bertz CT molecular complexity index is 827. The van der Waals surface area contributed by atoms with Gasteiger partial charge in [0.2, 0.25) is 5.95 Å². The zero-order chi connectivity index (χ0) is 12.7. The van der Waals surface area contributed by atoms with Crippen LogP contribution in [-0.4, -0.2) is 9.97 Å². The molecule has 92 valence electrons. The van der Waals surface area contributed by atoms with Crippen LogP contribution in [0.15, 0.2) is 59.2 Å². The molecule has 0 atom stereocenters. The standard InChI is InChI=1S/C15H11N3O/c1-4-8-14-10(5-1)13(9-19-14)18-15-16-11-6-2-3-7-12(11)17-15/h1-9H,(H2,16,17,18). The van der Waals surface area contributed by atoms with Crippen LogP contribution >= 0.6 is 0 Å². The first kappa shape index (κ1) is 10.2. The molecule has 0 unspecified atom stereocenters. The molecule has 4 aromatic rings. The normalized spacial score (nSPS) is 11.2.